The van der Waals surface area contributed by atoms with Gasteiger partial charge in [0.1, 0.15) is 0 Å². The number of rotatable bonds is 4. The molecule has 0 unspecified atom stereocenters. The molecule has 0 atom stereocenters. The van der Waals surface area contributed by atoms with Gasteiger partial charge in [-0.3, -0.25) is 0 Å². The molecule has 0 amide bonds. The van der Waals surface area contributed by atoms with Crippen molar-refractivity contribution in [2.24, 2.45) is 0 Å². The lowest BCUT2D eigenvalue weighted by atomic mass is 9.79. The third-order valence-electron chi connectivity index (χ3n) is 4.82. The Hall–Kier alpha value is -1.30. The lowest BCUT2D eigenvalue weighted by Crippen LogP contribution is -2.41. The molecule has 2 aromatic carbocycles. The maximum atomic E-state index is 6.08. The van der Waals surface area contributed by atoms with Crippen molar-refractivity contribution in [2.45, 2.75) is 45.4 Å². The molecule has 1 fully saturated rings. The average molecular weight is 388 g/mol. The summed E-state index contributed by atoms with van der Waals surface area (Å²) in [5, 5.41) is 3.44. The van der Waals surface area contributed by atoms with E-state index in [0.29, 0.717) is 0 Å². The van der Waals surface area contributed by atoms with E-state index in [9.17, 15) is 0 Å². The molecule has 2 aromatic rings. The van der Waals surface area contributed by atoms with Gasteiger partial charge in [0, 0.05) is 16.7 Å². The highest BCUT2D eigenvalue weighted by Gasteiger charge is 2.51. The quantitative estimate of drug-likeness (QED) is 0.790. The fraction of sp³-hybridized carbons (Fsp3) is 0.368. The van der Waals surface area contributed by atoms with Crippen molar-refractivity contribution in [3.8, 4) is 0 Å². The predicted octanol–water partition coefficient (Wildman–Crippen LogP) is 4.36. The van der Waals surface area contributed by atoms with Crippen LogP contribution in [0.2, 0.25) is 0 Å². The summed E-state index contributed by atoms with van der Waals surface area (Å²) in [5.41, 5.74) is 2.74. The van der Waals surface area contributed by atoms with Crippen LogP contribution in [0, 0.1) is 0 Å². The molecule has 126 valence electrons. The van der Waals surface area contributed by atoms with Crippen molar-refractivity contribution < 1.29 is 9.31 Å². The number of halogens is 1. The van der Waals surface area contributed by atoms with Gasteiger partial charge in [-0.25, -0.2) is 0 Å². The first-order chi connectivity index (χ1) is 11.3. The Morgan fingerprint density at radius 1 is 0.958 bits per heavy atom. The summed E-state index contributed by atoms with van der Waals surface area (Å²) in [6.07, 6.45) is 0. The van der Waals surface area contributed by atoms with Gasteiger partial charge in [-0.2, -0.15) is 0 Å². The van der Waals surface area contributed by atoms with E-state index in [1.165, 1.54) is 5.56 Å². The smallest absolute Gasteiger partial charge is 0.399 e. The Morgan fingerprint density at radius 3 is 2.17 bits per heavy atom. The monoisotopic (exact) mass is 387 g/mol. The summed E-state index contributed by atoms with van der Waals surface area (Å²) >= 11 is 3.50. The third-order valence-corrected chi connectivity index (χ3v) is 5.32. The fourth-order valence-corrected chi connectivity index (χ4v) is 3.03. The Kier molecular flexibility index (Phi) is 4.78. The molecule has 1 N–H and O–H groups in total. The number of hydrogen-bond acceptors (Lipinski definition) is 3. The minimum Gasteiger partial charge on any atom is -0.399 e. The van der Waals surface area contributed by atoms with Crippen molar-refractivity contribution in [2.75, 3.05) is 5.32 Å². The molecule has 1 aliphatic heterocycles. The highest BCUT2D eigenvalue weighted by atomic mass is 79.9. The maximum absolute atomic E-state index is 6.08. The maximum Gasteiger partial charge on any atom is 0.494 e. The van der Waals surface area contributed by atoms with E-state index in [1.807, 2.05) is 12.1 Å². The van der Waals surface area contributed by atoms with Gasteiger partial charge >= 0.3 is 7.12 Å². The van der Waals surface area contributed by atoms with E-state index in [1.54, 1.807) is 0 Å². The lowest BCUT2D eigenvalue weighted by Gasteiger charge is -2.32. The minimum atomic E-state index is -0.311. The average Bonchev–Trinajstić information content (AvgIpc) is 2.74. The summed E-state index contributed by atoms with van der Waals surface area (Å²) in [4.78, 5) is 0. The van der Waals surface area contributed by atoms with Crippen molar-refractivity contribution in [3.63, 3.8) is 0 Å². The van der Waals surface area contributed by atoms with Crippen molar-refractivity contribution in [1.29, 1.82) is 0 Å². The van der Waals surface area contributed by atoms with Crippen LogP contribution in [0.3, 0.4) is 0 Å². The summed E-state index contributed by atoms with van der Waals surface area (Å²) in [6, 6.07) is 16.6. The molecule has 3 nitrogen and oxygen atoms in total. The highest BCUT2D eigenvalue weighted by Crippen LogP contribution is 2.36. The van der Waals surface area contributed by atoms with E-state index in [-0.39, 0.29) is 18.3 Å². The van der Waals surface area contributed by atoms with Crippen LogP contribution < -0.4 is 10.8 Å². The van der Waals surface area contributed by atoms with Crippen molar-refractivity contribution >= 4 is 34.2 Å². The second-order valence-corrected chi connectivity index (χ2v) is 8.11. The predicted molar refractivity (Wildman–Crippen MR) is 104 cm³/mol. The first-order valence-electron chi connectivity index (χ1n) is 8.21. The molecule has 0 aromatic heterocycles. The van der Waals surface area contributed by atoms with Crippen LogP contribution in [-0.4, -0.2) is 18.3 Å². The topological polar surface area (TPSA) is 30.5 Å². The number of nitrogens with one attached hydrogen (secondary N) is 1. The molecule has 0 bridgehead atoms. The van der Waals surface area contributed by atoms with Crippen LogP contribution in [-0.2, 0) is 15.9 Å². The van der Waals surface area contributed by atoms with E-state index >= 15 is 0 Å². The number of hydrogen-bond donors (Lipinski definition) is 1. The molecule has 5 heteroatoms. The Balaban J connectivity index is 1.64. The second-order valence-electron chi connectivity index (χ2n) is 7.19. The van der Waals surface area contributed by atoms with Gasteiger partial charge in [0.05, 0.1) is 11.2 Å². The first kappa shape index (κ1) is 17.5. The van der Waals surface area contributed by atoms with Crippen LogP contribution in [0.25, 0.3) is 0 Å². The molecule has 0 saturated carbocycles. The minimum absolute atomic E-state index is 0.310. The summed E-state index contributed by atoms with van der Waals surface area (Å²) < 4.78 is 13.3. The van der Waals surface area contributed by atoms with Crippen LogP contribution in [0.5, 0.6) is 0 Å². The molecular weight excluding hydrogens is 365 g/mol. The van der Waals surface area contributed by atoms with Crippen LogP contribution in [0.4, 0.5) is 5.69 Å². The Morgan fingerprint density at radius 2 is 1.58 bits per heavy atom. The lowest BCUT2D eigenvalue weighted by molar-refractivity contribution is 0.00578. The van der Waals surface area contributed by atoms with Crippen LogP contribution in [0.1, 0.15) is 33.3 Å². The summed E-state index contributed by atoms with van der Waals surface area (Å²) in [7, 11) is -0.311. The molecular formula is C19H23BBrNO2. The van der Waals surface area contributed by atoms with Crippen LogP contribution >= 0.6 is 15.9 Å². The highest BCUT2D eigenvalue weighted by molar-refractivity contribution is 9.10. The normalized spacial score (nSPS) is 18.6. The molecule has 1 heterocycles. The molecule has 24 heavy (non-hydrogen) atoms. The van der Waals surface area contributed by atoms with Gasteiger partial charge < -0.3 is 14.6 Å². The van der Waals surface area contributed by atoms with E-state index in [0.717, 1.165) is 22.2 Å². The van der Waals surface area contributed by atoms with Gasteiger partial charge in [-0.1, -0.05) is 40.2 Å². The summed E-state index contributed by atoms with van der Waals surface area (Å²) in [5.74, 6) is 0. The molecule has 3 rings (SSSR count). The zero-order valence-corrected chi connectivity index (χ0v) is 16.2. The van der Waals surface area contributed by atoms with Gasteiger partial charge in [-0.15, -0.1) is 0 Å². The number of benzene rings is 2. The second kappa shape index (κ2) is 6.55. The zero-order chi connectivity index (χ0) is 17.4. The van der Waals surface area contributed by atoms with Gasteiger partial charge in [0.15, 0.2) is 0 Å². The molecule has 1 aliphatic rings. The van der Waals surface area contributed by atoms with Gasteiger partial charge in [0.2, 0.25) is 0 Å². The first-order valence-corrected chi connectivity index (χ1v) is 9.00. The molecule has 0 radical (unpaired) electrons. The van der Waals surface area contributed by atoms with Crippen LogP contribution in [0.15, 0.2) is 53.0 Å². The number of anilines is 1. The van der Waals surface area contributed by atoms with Gasteiger partial charge in [-0.05, 0) is 63.0 Å². The molecule has 0 spiro atoms. The fourth-order valence-electron chi connectivity index (χ4n) is 2.59. The zero-order valence-electron chi connectivity index (χ0n) is 14.6. The van der Waals surface area contributed by atoms with Crippen molar-refractivity contribution in [3.05, 3.63) is 58.6 Å². The van der Waals surface area contributed by atoms with Crippen molar-refractivity contribution in [1.82, 2.24) is 0 Å². The van der Waals surface area contributed by atoms with E-state index < -0.39 is 0 Å². The van der Waals surface area contributed by atoms with E-state index in [4.69, 9.17) is 9.31 Å². The summed E-state index contributed by atoms with van der Waals surface area (Å²) in [6.45, 7) is 9.07. The Labute approximate surface area is 153 Å². The van der Waals surface area contributed by atoms with Gasteiger partial charge in [0.25, 0.3) is 0 Å². The third kappa shape index (κ3) is 3.69. The largest absolute Gasteiger partial charge is 0.494 e. The molecule has 1 saturated heterocycles. The Bertz CT molecular complexity index is 700. The van der Waals surface area contributed by atoms with E-state index in [2.05, 4.69) is 85.3 Å². The SMILES string of the molecule is CC1(C)OB(c2ccc(NCc3cccc(Br)c3)cc2)OC1(C)C. The standard InChI is InChI=1S/C19H23BBrNO2/c1-18(2)19(3,4)24-20(23-18)15-8-10-17(11-9-15)22-13-14-6-5-7-16(21)12-14/h5-12,22H,13H2,1-4H3. The molecule has 0 aliphatic carbocycles.